The summed E-state index contributed by atoms with van der Waals surface area (Å²) in [5.41, 5.74) is 6.44. The number of nitrogens with two attached hydrogens (primary N) is 1. The fourth-order valence-electron chi connectivity index (χ4n) is 2.57. The highest BCUT2D eigenvalue weighted by atomic mass is 16.8. The Balaban J connectivity index is 2.82. The van der Waals surface area contributed by atoms with Crippen molar-refractivity contribution in [3.05, 3.63) is 23.8 Å². The van der Waals surface area contributed by atoms with Gasteiger partial charge in [0.05, 0.1) is 12.2 Å². The molecule has 1 rings (SSSR count). The maximum Gasteiger partial charge on any atom is 0.514 e. The second-order valence-corrected chi connectivity index (χ2v) is 8.77. The number of ether oxygens (including phenoxy) is 7. The highest BCUT2D eigenvalue weighted by Crippen LogP contribution is 2.30. The minimum Gasteiger partial charge on any atom is -0.461 e. The van der Waals surface area contributed by atoms with Gasteiger partial charge in [-0.05, 0) is 72.1 Å². The largest absolute Gasteiger partial charge is 0.514 e. The number of carbonyl (C=O) groups is 4. The number of benzene rings is 1. The molecule has 208 valence electrons. The van der Waals surface area contributed by atoms with Crippen LogP contribution in [0.2, 0.25) is 0 Å². The highest BCUT2D eigenvalue weighted by Gasteiger charge is 2.22. The zero-order valence-electron chi connectivity index (χ0n) is 22.3. The van der Waals surface area contributed by atoms with Gasteiger partial charge in [0.25, 0.3) is 0 Å². The van der Waals surface area contributed by atoms with E-state index < -0.39 is 48.8 Å². The van der Waals surface area contributed by atoms with Crippen LogP contribution < -0.4 is 15.2 Å². The lowest BCUT2D eigenvalue weighted by Gasteiger charge is -2.18. The zero-order chi connectivity index (χ0) is 28.1. The van der Waals surface area contributed by atoms with Gasteiger partial charge in [-0.25, -0.2) is 14.4 Å². The summed E-state index contributed by atoms with van der Waals surface area (Å²) in [6.45, 7) is 11.5. The molecule has 1 aromatic rings. The van der Waals surface area contributed by atoms with Gasteiger partial charge in [0.1, 0.15) is 24.9 Å². The highest BCUT2D eigenvalue weighted by molar-refractivity contribution is 5.76. The van der Waals surface area contributed by atoms with E-state index in [4.69, 9.17) is 38.9 Å². The molecule has 12 nitrogen and oxygen atoms in total. The molecule has 0 bridgehead atoms. The number of esters is 1. The predicted molar refractivity (Wildman–Crippen MR) is 130 cm³/mol. The molecule has 2 N–H and O–H groups in total. The first-order valence-corrected chi connectivity index (χ1v) is 12.0. The summed E-state index contributed by atoms with van der Waals surface area (Å²) in [6.07, 6.45) is -4.15. The van der Waals surface area contributed by atoms with E-state index in [0.717, 1.165) is 0 Å². The van der Waals surface area contributed by atoms with Gasteiger partial charge < -0.3 is 38.9 Å². The zero-order valence-corrected chi connectivity index (χ0v) is 22.3. The van der Waals surface area contributed by atoms with Crippen molar-refractivity contribution < 1.29 is 52.3 Å². The quantitative estimate of drug-likeness (QED) is 0.234. The van der Waals surface area contributed by atoms with Crippen LogP contribution in [0.5, 0.6) is 11.5 Å². The van der Waals surface area contributed by atoms with E-state index in [1.807, 2.05) is 6.92 Å². The Morgan fingerprint density at radius 1 is 0.757 bits per heavy atom. The Bertz CT molecular complexity index is 916. The Morgan fingerprint density at radius 2 is 1.30 bits per heavy atom. The van der Waals surface area contributed by atoms with Crippen LogP contribution in [-0.2, 0) is 34.9 Å². The van der Waals surface area contributed by atoms with Crippen molar-refractivity contribution in [1.29, 1.82) is 0 Å². The van der Waals surface area contributed by atoms with Crippen molar-refractivity contribution in [2.75, 3.05) is 6.61 Å². The van der Waals surface area contributed by atoms with Crippen molar-refractivity contribution in [3.8, 4) is 11.5 Å². The first-order valence-electron chi connectivity index (χ1n) is 12.0. The monoisotopic (exact) mass is 527 g/mol. The Morgan fingerprint density at radius 3 is 1.84 bits per heavy atom. The lowest BCUT2D eigenvalue weighted by atomic mass is 10.1. The smallest absolute Gasteiger partial charge is 0.461 e. The molecule has 0 aromatic heterocycles. The van der Waals surface area contributed by atoms with E-state index in [1.54, 1.807) is 41.5 Å². The summed E-state index contributed by atoms with van der Waals surface area (Å²) >= 11 is 0. The molecular weight excluding hydrogens is 490 g/mol. The van der Waals surface area contributed by atoms with Crippen molar-refractivity contribution in [2.24, 2.45) is 5.73 Å². The first kappa shape index (κ1) is 31.5. The van der Waals surface area contributed by atoms with Crippen LogP contribution in [0.15, 0.2) is 18.2 Å². The van der Waals surface area contributed by atoms with Crippen molar-refractivity contribution in [2.45, 2.75) is 91.8 Å². The molecule has 1 aromatic carbocycles. The van der Waals surface area contributed by atoms with E-state index in [9.17, 15) is 19.2 Å². The third-order valence-electron chi connectivity index (χ3n) is 4.45. The standard InChI is InChI=1S/C25H37NO11/c1-8-16(6)34-25(30)35-17(7)13-31-22(27)19(26)11-18-9-10-20(36-23(28)32-14(2)3)21(12-18)37-24(29)33-15(4)5/h9-10,12,14-17,19H,8,11,13,26H2,1-7H3/t16?,17-,19-/m0/s1. The fraction of sp³-hybridized carbons (Fsp3) is 0.600. The molecular formula is C25H37NO11. The lowest BCUT2D eigenvalue weighted by Crippen LogP contribution is -2.36. The normalized spacial score (nSPS) is 13.2. The fourth-order valence-corrected chi connectivity index (χ4v) is 2.57. The van der Waals surface area contributed by atoms with E-state index in [1.165, 1.54) is 18.2 Å². The number of hydrogen-bond donors (Lipinski definition) is 1. The summed E-state index contributed by atoms with van der Waals surface area (Å²) in [5, 5.41) is 0. The molecule has 3 atom stereocenters. The SMILES string of the molecule is CCC(C)OC(=O)O[C@@H](C)COC(=O)[C@@H](N)Cc1ccc(OC(=O)OC(C)C)c(OC(=O)OC(C)C)c1. The molecule has 0 amide bonds. The van der Waals surface area contributed by atoms with Gasteiger partial charge in [-0.1, -0.05) is 13.0 Å². The second kappa shape index (κ2) is 15.5. The van der Waals surface area contributed by atoms with Crippen LogP contribution in [0.3, 0.4) is 0 Å². The van der Waals surface area contributed by atoms with Crippen LogP contribution in [0, 0.1) is 0 Å². The van der Waals surface area contributed by atoms with Crippen LogP contribution in [0.25, 0.3) is 0 Å². The number of rotatable bonds is 12. The predicted octanol–water partition coefficient (Wildman–Crippen LogP) is 4.29. The van der Waals surface area contributed by atoms with Crippen molar-refractivity contribution in [1.82, 2.24) is 0 Å². The molecule has 0 saturated carbocycles. The van der Waals surface area contributed by atoms with Crippen LogP contribution >= 0.6 is 0 Å². The molecule has 0 radical (unpaired) electrons. The van der Waals surface area contributed by atoms with Gasteiger partial charge in [-0.3, -0.25) is 4.79 Å². The van der Waals surface area contributed by atoms with Gasteiger partial charge >= 0.3 is 24.4 Å². The maximum absolute atomic E-state index is 12.4. The Kier molecular flexibility index (Phi) is 13.2. The number of hydrogen-bond acceptors (Lipinski definition) is 12. The van der Waals surface area contributed by atoms with Crippen LogP contribution in [0.1, 0.15) is 60.5 Å². The van der Waals surface area contributed by atoms with E-state index in [0.29, 0.717) is 12.0 Å². The van der Waals surface area contributed by atoms with Crippen molar-refractivity contribution >= 4 is 24.4 Å². The molecule has 0 aliphatic heterocycles. The molecule has 37 heavy (non-hydrogen) atoms. The second-order valence-electron chi connectivity index (χ2n) is 8.77. The van der Waals surface area contributed by atoms with Gasteiger partial charge in [0.2, 0.25) is 0 Å². The Labute approximate surface area is 216 Å². The lowest BCUT2D eigenvalue weighted by molar-refractivity contribution is -0.148. The van der Waals surface area contributed by atoms with E-state index in [-0.39, 0.29) is 30.6 Å². The maximum atomic E-state index is 12.4. The molecule has 0 aliphatic carbocycles. The average molecular weight is 528 g/mol. The van der Waals surface area contributed by atoms with Gasteiger partial charge in [-0.15, -0.1) is 0 Å². The summed E-state index contributed by atoms with van der Waals surface area (Å²) < 4.78 is 35.4. The average Bonchev–Trinajstić information content (AvgIpc) is 2.77. The van der Waals surface area contributed by atoms with E-state index in [2.05, 4.69) is 0 Å². The third-order valence-corrected chi connectivity index (χ3v) is 4.45. The van der Waals surface area contributed by atoms with E-state index >= 15 is 0 Å². The van der Waals surface area contributed by atoms with Crippen molar-refractivity contribution in [3.63, 3.8) is 0 Å². The minimum atomic E-state index is -1.09. The minimum absolute atomic E-state index is 0.00354. The number of carbonyl (C=O) groups excluding carboxylic acids is 4. The van der Waals surface area contributed by atoms with Gasteiger partial charge in [-0.2, -0.15) is 0 Å². The topological polar surface area (TPSA) is 159 Å². The summed E-state index contributed by atoms with van der Waals surface area (Å²) in [5.74, 6) is -0.971. The van der Waals surface area contributed by atoms with Gasteiger partial charge in [0.15, 0.2) is 11.5 Å². The van der Waals surface area contributed by atoms with Crippen LogP contribution in [-0.4, -0.2) is 61.5 Å². The van der Waals surface area contributed by atoms with Crippen LogP contribution in [0.4, 0.5) is 14.4 Å². The molecule has 0 heterocycles. The van der Waals surface area contributed by atoms with Gasteiger partial charge in [0, 0.05) is 0 Å². The molecule has 0 spiro atoms. The summed E-state index contributed by atoms with van der Waals surface area (Å²) in [4.78, 5) is 48.0. The molecule has 1 unspecified atom stereocenters. The molecule has 0 aliphatic rings. The Hall–Kier alpha value is -3.54. The summed E-state index contributed by atoms with van der Waals surface area (Å²) in [7, 11) is 0. The summed E-state index contributed by atoms with van der Waals surface area (Å²) in [6, 6.07) is 3.18. The first-order chi connectivity index (χ1) is 17.3. The molecule has 0 saturated heterocycles. The molecule has 0 fully saturated rings. The third kappa shape index (κ3) is 12.8. The molecule has 12 heteroatoms.